The van der Waals surface area contributed by atoms with Crippen molar-refractivity contribution in [2.24, 2.45) is 17.4 Å². The number of carboxylic acids is 1. The van der Waals surface area contributed by atoms with E-state index in [-0.39, 0.29) is 38.0 Å². The summed E-state index contributed by atoms with van der Waals surface area (Å²) in [5.74, 6) is -11.2. The minimum Gasteiger partial charge on any atom is -0.508 e. The van der Waals surface area contributed by atoms with E-state index in [1.165, 1.54) is 37.6 Å². The van der Waals surface area contributed by atoms with Crippen molar-refractivity contribution in [2.75, 3.05) is 13.2 Å². The first-order chi connectivity index (χ1) is 36.0. The van der Waals surface area contributed by atoms with Gasteiger partial charge in [0.2, 0.25) is 59.1 Å². The Hall–Kier alpha value is -6.89. The molecule has 0 bridgehead atoms. The second-order valence-corrected chi connectivity index (χ2v) is 19.9. The third kappa shape index (κ3) is 22.1. The van der Waals surface area contributed by atoms with E-state index in [1.807, 2.05) is 0 Å². The Labute approximate surface area is 442 Å². The summed E-state index contributed by atoms with van der Waals surface area (Å²) in [6.45, 7) is 4.39. The van der Waals surface area contributed by atoms with Gasteiger partial charge in [0.1, 0.15) is 48.0 Å². The first kappa shape index (κ1) is 63.4. The van der Waals surface area contributed by atoms with Crippen molar-refractivity contribution in [3.63, 3.8) is 0 Å². The van der Waals surface area contributed by atoms with Crippen LogP contribution < -0.4 is 48.7 Å². The highest BCUT2D eigenvalue weighted by Crippen LogP contribution is 2.21. The van der Waals surface area contributed by atoms with Gasteiger partial charge in [-0.25, -0.2) is 0 Å². The number of hydrogen-bond acceptors (Lipinski definition) is 14. The average molecular weight is 1070 g/mol. The van der Waals surface area contributed by atoms with Gasteiger partial charge >= 0.3 is 5.97 Å². The zero-order chi connectivity index (χ0) is 56.5. The van der Waals surface area contributed by atoms with Gasteiger partial charge in [-0.3, -0.25) is 52.7 Å². The molecule has 15 N–H and O–H groups in total. The highest BCUT2D eigenvalue weighted by atomic mass is 16.4. The van der Waals surface area contributed by atoms with E-state index in [9.17, 15) is 73.2 Å². The lowest BCUT2D eigenvalue weighted by Crippen LogP contribution is -2.61. The van der Waals surface area contributed by atoms with Gasteiger partial charge in [0, 0.05) is 31.8 Å². The number of nitrogens with zero attached hydrogens (tertiary/aromatic N) is 1. The summed E-state index contributed by atoms with van der Waals surface area (Å²) in [6.07, 6.45) is 4.79. The van der Waals surface area contributed by atoms with Crippen LogP contribution in [0.25, 0.3) is 0 Å². The van der Waals surface area contributed by atoms with Crippen LogP contribution in [0.3, 0.4) is 0 Å². The summed E-state index contributed by atoms with van der Waals surface area (Å²) in [4.78, 5) is 149. The first-order valence-corrected chi connectivity index (χ1v) is 26.3. The van der Waals surface area contributed by atoms with Crippen LogP contribution in [0.1, 0.15) is 142 Å². The van der Waals surface area contributed by atoms with Crippen LogP contribution in [0.5, 0.6) is 5.75 Å². The van der Waals surface area contributed by atoms with E-state index in [0.29, 0.717) is 24.3 Å². The van der Waals surface area contributed by atoms with Gasteiger partial charge in [-0.2, -0.15) is 0 Å². The number of aliphatic carboxylic acids is 1. The van der Waals surface area contributed by atoms with Gasteiger partial charge in [0.05, 0.1) is 25.6 Å². The maximum absolute atomic E-state index is 14.3. The highest BCUT2D eigenvalue weighted by molar-refractivity contribution is 6.00. The van der Waals surface area contributed by atoms with Crippen LogP contribution in [0, 0.1) is 5.92 Å². The van der Waals surface area contributed by atoms with Gasteiger partial charge in [0.25, 0.3) is 0 Å². The molecule has 0 aliphatic carbocycles. The average Bonchev–Trinajstić information content (AvgIpc) is 3.85. The SMILES string of the molecule is CCC(C)CCCCCCCCCC[C@@H]1CC(=O)N[C@@H](CC(N)=O)C(=O)N[C@H](Cc2ccc(O)cc2)C(=O)N[C@H](CC(N)=O)C(=O)N2CCC[C@H]2C(=O)N[C@@H](CCC(=O)O)C(=O)N[C@H](CO)C(=O)N[C@@H](C(C)O)C(=O)N1. The number of unbranched alkanes of at least 4 members (excludes halogenated alkanes) is 7. The minimum absolute atomic E-state index is 0.0151. The first-order valence-electron chi connectivity index (χ1n) is 26.3. The molecule has 2 fully saturated rings. The Bertz CT molecular complexity index is 2160. The van der Waals surface area contributed by atoms with Crippen molar-refractivity contribution in [3.05, 3.63) is 29.8 Å². The number of hydrogen-bond donors (Lipinski definition) is 13. The van der Waals surface area contributed by atoms with E-state index in [4.69, 9.17) is 11.5 Å². The number of carbonyl (C=O) groups excluding carboxylic acids is 10. The summed E-state index contributed by atoms with van der Waals surface area (Å²) >= 11 is 0. The van der Waals surface area contributed by atoms with Crippen LogP contribution in [0.2, 0.25) is 0 Å². The molecule has 2 unspecified atom stereocenters. The fourth-order valence-corrected chi connectivity index (χ4v) is 9.01. The number of aromatic hydroxyl groups is 1. The minimum atomic E-state index is -1.84. The van der Waals surface area contributed by atoms with Crippen LogP contribution in [-0.4, -0.2) is 158 Å². The molecule has 0 aromatic heterocycles. The number of fused-ring (bicyclic) bond motifs is 1. The van der Waals surface area contributed by atoms with Crippen LogP contribution in [0.4, 0.5) is 0 Å². The number of primary amides is 2. The number of phenols is 1. The predicted molar refractivity (Wildman–Crippen MR) is 274 cm³/mol. The van der Waals surface area contributed by atoms with Crippen molar-refractivity contribution in [2.45, 2.75) is 197 Å². The number of carbonyl (C=O) groups is 11. The summed E-state index contributed by atoms with van der Waals surface area (Å²) in [6, 6.07) is -7.33. The lowest BCUT2D eigenvalue weighted by Gasteiger charge is -2.30. The molecule has 3 rings (SSSR count). The Kier molecular flexibility index (Phi) is 27.1. The number of carboxylic acid groups (broad SMARTS) is 1. The fraction of sp³-hybridized carbons (Fsp3) is 0.667. The number of rotatable bonds is 23. The second kappa shape index (κ2) is 32.5. The van der Waals surface area contributed by atoms with E-state index in [2.05, 4.69) is 51.1 Å². The number of nitrogens with one attached hydrogen (secondary N) is 7. The normalized spacial score (nSPS) is 24.7. The largest absolute Gasteiger partial charge is 0.508 e. The molecule has 76 heavy (non-hydrogen) atoms. The van der Waals surface area contributed by atoms with Crippen LogP contribution >= 0.6 is 0 Å². The van der Waals surface area contributed by atoms with Gasteiger partial charge in [0.15, 0.2) is 0 Å². The number of amides is 10. The molecular weight excluding hydrogens is 993 g/mol. The molecular formula is C51H80N10O15. The molecule has 10 atom stereocenters. The van der Waals surface area contributed by atoms with E-state index >= 15 is 0 Å². The second-order valence-electron chi connectivity index (χ2n) is 19.9. The van der Waals surface area contributed by atoms with Crippen molar-refractivity contribution < 1.29 is 73.2 Å². The predicted octanol–water partition coefficient (Wildman–Crippen LogP) is -1.34. The Morgan fingerprint density at radius 2 is 1.20 bits per heavy atom. The monoisotopic (exact) mass is 1070 g/mol. The number of aliphatic hydroxyl groups is 2. The third-order valence-electron chi connectivity index (χ3n) is 13.6. The number of aliphatic hydroxyl groups excluding tert-OH is 2. The van der Waals surface area contributed by atoms with Gasteiger partial charge in [-0.15, -0.1) is 0 Å². The maximum Gasteiger partial charge on any atom is 0.303 e. The maximum atomic E-state index is 14.3. The highest BCUT2D eigenvalue weighted by Gasteiger charge is 2.41. The Balaban J connectivity index is 2.07. The summed E-state index contributed by atoms with van der Waals surface area (Å²) < 4.78 is 0. The molecule has 0 saturated carbocycles. The quantitative estimate of drug-likeness (QED) is 0.0564. The number of phenolic OH excluding ortho intramolecular Hbond substituents is 1. The third-order valence-corrected chi connectivity index (χ3v) is 13.6. The molecule has 2 aliphatic heterocycles. The van der Waals surface area contributed by atoms with Crippen molar-refractivity contribution in [3.8, 4) is 5.75 Å². The number of nitrogens with two attached hydrogens (primary N) is 2. The number of benzene rings is 1. The van der Waals surface area contributed by atoms with Crippen molar-refractivity contribution in [1.82, 2.24) is 42.1 Å². The molecule has 0 spiro atoms. The summed E-state index contributed by atoms with van der Waals surface area (Å²) in [5, 5.41) is 57.5. The van der Waals surface area contributed by atoms with Crippen molar-refractivity contribution in [1.29, 1.82) is 0 Å². The molecule has 1 aromatic carbocycles. The summed E-state index contributed by atoms with van der Waals surface area (Å²) in [7, 11) is 0. The fourth-order valence-electron chi connectivity index (χ4n) is 9.01. The molecule has 2 heterocycles. The van der Waals surface area contributed by atoms with Gasteiger partial charge < -0.3 is 74.0 Å². The smallest absolute Gasteiger partial charge is 0.303 e. The van der Waals surface area contributed by atoms with Crippen LogP contribution in [0.15, 0.2) is 24.3 Å². The molecule has 2 saturated heterocycles. The lowest BCUT2D eigenvalue weighted by atomic mass is 9.99. The standard InChI is InChI=1S/C51H80N10O15/c1-4-29(2)14-11-9-7-5-6-8-10-12-15-32-25-42(67)55-36(26-40(52)65)47(72)57-35(24-31-17-19-33(64)20-18-31)46(71)58-37(27-41(53)66)51(76)61-23-13-16-39(61)49(74)56-34(21-22-43(68)69)45(70)59-38(28-62)48(73)60-44(30(3)63)50(75)54-32/h17-20,29-30,32,34-39,44,62-64H,4-16,21-28H2,1-3H3,(H2,52,65)(H2,53,66)(H,54,75)(H,55,67)(H,56,74)(H,57,72)(H,58,71)(H,59,70)(H,60,73)(H,68,69)/t29?,30?,32-,34+,35-,36+,37-,38-,39+,44+/m1/s1. The Morgan fingerprint density at radius 1 is 0.658 bits per heavy atom. The zero-order valence-electron chi connectivity index (χ0n) is 43.8. The molecule has 10 amide bonds. The van der Waals surface area contributed by atoms with Crippen LogP contribution in [-0.2, 0) is 59.2 Å². The molecule has 25 heteroatoms. The van der Waals surface area contributed by atoms with E-state index in [0.717, 1.165) is 49.8 Å². The van der Waals surface area contributed by atoms with Crippen molar-refractivity contribution >= 4 is 65.0 Å². The Morgan fingerprint density at radius 3 is 1.79 bits per heavy atom. The topological polar surface area (TPSA) is 408 Å². The summed E-state index contributed by atoms with van der Waals surface area (Å²) in [5.41, 5.74) is 11.4. The molecule has 424 valence electrons. The molecule has 1 aromatic rings. The zero-order valence-corrected chi connectivity index (χ0v) is 43.8. The molecule has 25 nitrogen and oxygen atoms in total. The molecule has 2 aliphatic rings. The molecule has 0 radical (unpaired) electrons. The van der Waals surface area contributed by atoms with Gasteiger partial charge in [-0.05, 0) is 56.2 Å². The van der Waals surface area contributed by atoms with Gasteiger partial charge in [-0.1, -0.05) is 90.2 Å². The lowest BCUT2D eigenvalue weighted by molar-refractivity contribution is -0.143. The van der Waals surface area contributed by atoms with E-state index < -0.39 is 158 Å². The van der Waals surface area contributed by atoms with E-state index in [1.54, 1.807) is 0 Å².